The molecule has 4 nitrogen and oxygen atoms in total. The molecule has 0 saturated carbocycles. The van der Waals surface area contributed by atoms with Crippen LogP contribution in [-0.4, -0.2) is 24.1 Å². The van der Waals surface area contributed by atoms with E-state index in [0.29, 0.717) is 11.6 Å². The van der Waals surface area contributed by atoms with Crippen LogP contribution in [0.1, 0.15) is 5.69 Å². The summed E-state index contributed by atoms with van der Waals surface area (Å²) in [5.74, 6) is 1.18. The molecular weight excluding hydrogens is 212 g/mol. The number of benzene rings is 1. The lowest BCUT2D eigenvalue weighted by molar-refractivity contribution is 1.11. The third-order valence-corrected chi connectivity index (χ3v) is 2.52. The first-order chi connectivity index (χ1) is 8.06. The minimum atomic E-state index is 0.504. The van der Waals surface area contributed by atoms with E-state index in [1.807, 2.05) is 45.3 Å². The van der Waals surface area contributed by atoms with Crippen molar-refractivity contribution in [2.45, 2.75) is 6.92 Å². The second-order valence-electron chi connectivity index (χ2n) is 4.20. The molecule has 0 saturated heterocycles. The summed E-state index contributed by atoms with van der Waals surface area (Å²) in [6.07, 6.45) is 0. The van der Waals surface area contributed by atoms with E-state index in [-0.39, 0.29) is 0 Å². The molecule has 88 valence electrons. The minimum absolute atomic E-state index is 0.504. The van der Waals surface area contributed by atoms with Gasteiger partial charge in [-0.15, -0.1) is 0 Å². The number of hydrogen-bond donors (Lipinski definition) is 1. The molecule has 2 aromatic rings. The highest BCUT2D eigenvalue weighted by Gasteiger charge is 2.04. The van der Waals surface area contributed by atoms with E-state index >= 15 is 0 Å². The molecule has 17 heavy (non-hydrogen) atoms. The molecule has 0 aliphatic heterocycles. The number of nitrogen functional groups attached to an aromatic ring is 1. The van der Waals surface area contributed by atoms with Crippen LogP contribution in [0, 0.1) is 6.92 Å². The third-order valence-electron chi connectivity index (χ3n) is 2.52. The molecule has 0 bridgehead atoms. The van der Waals surface area contributed by atoms with Crippen LogP contribution in [0.25, 0.3) is 11.4 Å². The molecule has 0 radical (unpaired) electrons. The Morgan fingerprint density at radius 2 is 1.71 bits per heavy atom. The second-order valence-corrected chi connectivity index (χ2v) is 4.20. The van der Waals surface area contributed by atoms with E-state index in [1.165, 1.54) is 0 Å². The van der Waals surface area contributed by atoms with E-state index in [2.05, 4.69) is 14.9 Å². The highest BCUT2D eigenvalue weighted by molar-refractivity contribution is 5.61. The van der Waals surface area contributed by atoms with Gasteiger partial charge in [-0.05, 0) is 31.2 Å². The smallest absolute Gasteiger partial charge is 0.161 e. The molecule has 4 heteroatoms. The fourth-order valence-corrected chi connectivity index (χ4v) is 1.63. The van der Waals surface area contributed by atoms with Gasteiger partial charge in [-0.25, -0.2) is 9.97 Å². The lowest BCUT2D eigenvalue weighted by atomic mass is 10.2. The van der Waals surface area contributed by atoms with Crippen LogP contribution in [-0.2, 0) is 0 Å². The average molecular weight is 228 g/mol. The molecule has 0 aliphatic carbocycles. The quantitative estimate of drug-likeness (QED) is 0.855. The first-order valence-corrected chi connectivity index (χ1v) is 5.45. The summed E-state index contributed by atoms with van der Waals surface area (Å²) in [7, 11) is 4.02. The van der Waals surface area contributed by atoms with Gasteiger partial charge in [0.15, 0.2) is 5.82 Å². The van der Waals surface area contributed by atoms with Gasteiger partial charge in [0, 0.05) is 37.1 Å². The van der Waals surface area contributed by atoms with Crippen LogP contribution in [0.4, 0.5) is 11.5 Å². The Morgan fingerprint density at radius 1 is 1.06 bits per heavy atom. The van der Waals surface area contributed by atoms with E-state index in [9.17, 15) is 0 Å². The number of aromatic nitrogens is 2. The van der Waals surface area contributed by atoms with Gasteiger partial charge in [-0.2, -0.15) is 0 Å². The van der Waals surface area contributed by atoms with E-state index in [0.717, 1.165) is 16.9 Å². The first-order valence-electron chi connectivity index (χ1n) is 5.45. The van der Waals surface area contributed by atoms with Gasteiger partial charge in [-0.3, -0.25) is 0 Å². The molecule has 0 amide bonds. The molecular formula is C13H16N4. The number of aryl methyl sites for hydroxylation is 1. The maximum absolute atomic E-state index is 5.72. The van der Waals surface area contributed by atoms with Crippen molar-refractivity contribution in [2.75, 3.05) is 24.7 Å². The number of hydrogen-bond acceptors (Lipinski definition) is 4. The Labute approximate surface area is 101 Å². The van der Waals surface area contributed by atoms with Crippen LogP contribution in [0.2, 0.25) is 0 Å². The van der Waals surface area contributed by atoms with Crippen LogP contribution in [0.5, 0.6) is 0 Å². The van der Waals surface area contributed by atoms with Crippen LogP contribution < -0.4 is 10.6 Å². The number of nitrogens with zero attached hydrogens (tertiary/aromatic N) is 3. The van der Waals surface area contributed by atoms with E-state index in [4.69, 9.17) is 5.73 Å². The summed E-state index contributed by atoms with van der Waals surface area (Å²) >= 11 is 0. The first kappa shape index (κ1) is 11.4. The molecule has 2 N–H and O–H groups in total. The molecule has 0 aliphatic rings. The molecule has 0 fully saturated rings. The van der Waals surface area contributed by atoms with Crippen LogP contribution >= 0.6 is 0 Å². The van der Waals surface area contributed by atoms with Gasteiger partial charge in [0.05, 0.1) is 0 Å². The van der Waals surface area contributed by atoms with Crippen molar-refractivity contribution in [3.63, 3.8) is 0 Å². The number of anilines is 2. The molecule has 0 unspecified atom stereocenters. The van der Waals surface area contributed by atoms with Crippen LogP contribution in [0.15, 0.2) is 30.3 Å². The maximum Gasteiger partial charge on any atom is 0.161 e. The lowest BCUT2D eigenvalue weighted by Gasteiger charge is -2.12. The highest BCUT2D eigenvalue weighted by atomic mass is 15.1. The van der Waals surface area contributed by atoms with Crippen molar-refractivity contribution < 1.29 is 0 Å². The van der Waals surface area contributed by atoms with Gasteiger partial charge in [0.2, 0.25) is 0 Å². The van der Waals surface area contributed by atoms with Gasteiger partial charge in [0.25, 0.3) is 0 Å². The van der Waals surface area contributed by atoms with Gasteiger partial charge in [0.1, 0.15) is 5.82 Å². The fraction of sp³-hybridized carbons (Fsp3) is 0.231. The lowest BCUT2D eigenvalue weighted by Crippen LogP contribution is -2.08. The normalized spacial score (nSPS) is 10.3. The van der Waals surface area contributed by atoms with E-state index in [1.54, 1.807) is 6.07 Å². The standard InChI is InChI=1S/C13H16N4/c1-9-8-12(14)16-13(15-9)10-4-6-11(7-5-10)17(2)3/h4-8H,1-3H3,(H2,14,15,16). The molecule has 1 heterocycles. The zero-order chi connectivity index (χ0) is 12.4. The summed E-state index contributed by atoms with van der Waals surface area (Å²) in [5, 5.41) is 0. The zero-order valence-corrected chi connectivity index (χ0v) is 10.3. The minimum Gasteiger partial charge on any atom is -0.384 e. The zero-order valence-electron chi connectivity index (χ0n) is 10.3. The van der Waals surface area contributed by atoms with E-state index < -0.39 is 0 Å². The molecule has 2 rings (SSSR count). The summed E-state index contributed by atoms with van der Waals surface area (Å²) in [6, 6.07) is 9.85. The average Bonchev–Trinajstić information content (AvgIpc) is 2.28. The summed E-state index contributed by atoms with van der Waals surface area (Å²) in [5.41, 5.74) is 8.72. The van der Waals surface area contributed by atoms with Crippen molar-refractivity contribution in [3.8, 4) is 11.4 Å². The fourth-order valence-electron chi connectivity index (χ4n) is 1.63. The Kier molecular flexibility index (Phi) is 2.95. The van der Waals surface area contributed by atoms with Crippen molar-refractivity contribution in [3.05, 3.63) is 36.0 Å². The SMILES string of the molecule is Cc1cc(N)nc(-c2ccc(N(C)C)cc2)n1. The monoisotopic (exact) mass is 228 g/mol. The predicted molar refractivity (Wildman–Crippen MR) is 70.9 cm³/mol. The Hall–Kier alpha value is -2.10. The maximum atomic E-state index is 5.72. The predicted octanol–water partition coefficient (Wildman–Crippen LogP) is 2.10. The summed E-state index contributed by atoms with van der Waals surface area (Å²) in [4.78, 5) is 10.7. The van der Waals surface area contributed by atoms with Crippen molar-refractivity contribution in [1.82, 2.24) is 9.97 Å². The van der Waals surface area contributed by atoms with Crippen molar-refractivity contribution >= 4 is 11.5 Å². The van der Waals surface area contributed by atoms with Crippen molar-refractivity contribution in [2.24, 2.45) is 0 Å². The third kappa shape index (κ3) is 2.53. The largest absolute Gasteiger partial charge is 0.384 e. The summed E-state index contributed by atoms with van der Waals surface area (Å²) in [6.45, 7) is 1.91. The topological polar surface area (TPSA) is 55.0 Å². The van der Waals surface area contributed by atoms with Crippen molar-refractivity contribution in [1.29, 1.82) is 0 Å². The Balaban J connectivity index is 2.39. The molecule has 0 spiro atoms. The Morgan fingerprint density at radius 3 is 2.24 bits per heavy atom. The van der Waals surface area contributed by atoms with Gasteiger partial charge in [-0.1, -0.05) is 0 Å². The van der Waals surface area contributed by atoms with Gasteiger partial charge < -0.3 is 10.6 Å². The van der Waals surface area contributed by atoms with Crippen LogP contribution in [0.3, 0.4) is 0 Å². The summed E-state index contributed by atoms with van der Waals surface area (Å²) < 4.78 is 0. The van der Waals surface area contributed by atoms with Gasteiger partial charge >= 0.3 is 0 Å². The molecule has 1 aromatic carbocycles. The molecule has 0 atom stereocenters. The number of rotatable bonds is 2. The number of nitrogens with two attached hydrogens (primary N) is 1. The second kappa shape index (κ2) is 4.41. The Bertz CT molecular complexity index is 497. The molecule has 1 aromatic heterocycles. The highest BCUT2D eigenvalue weighted by Crippen LogP contribution is 2.20.